The Morgan fingerprint density at radius 3 is 2.22 bits per heavy atom. The summed E-state index contributed by atoms with van der Waals surface area (Å²) in [4.78, 5) is 60.2. The van der Waals surface area contributed by atoms with Crippen molar-refractivity contribution >= 4 is 43.2 Å². The highest BCUT2D eigenvalue weighted by molar-refractivity contribution is 6.55. The summed E-state index contributed by atoms with van der Waals surface area (Å²) >= 11 is 0. The maximum atomic E-state index is 13.0. The number of hydrogen-bond acceptors (Lipinski definition) is 6. The van der Waals surface area contributed by atoms with Gasteiger partial charge in [-0.15, -0.1) is 0 Å². The molecular formula is C24H38BN5O6. The molecule has 1 rings (SSSR count). The summed E-state index contributed by atoms with van der Waals surface area (Å²) in [6.45, 7) is 5.96. The van der Waals surface area contributed by atoms with Gasteiger partial charge in [0.05, 0.1) is 0 Å². The Kier molecular flexibility index (Phi) is 13.7. The zero-order chi connectivity index (χ0) is 27.1. The molecule has 0 fully saturated rings. The molecular weight excluding hydrogens is 465 g/mol. The first-order valence-electron chi connectivity index (χ1n) is 12.2. The van der Waals surface area contributed by atoms with Crippen LogP contribution in [0.5, 0.6) is 0 Å². The van der Waals surface area contributed by atoms with Gasteiger partial charge in [-0.05, 0) is 42.9 Å². The van der Waals surface area contributed by atoms with Gasteiger partial charge in [0.15, 0.2) is 0 Å². The maximum absolute atomic E-state index is 13.0. The molecule has 1 aromatic carbocycles. The quantitative estimate of drug-likeness (QED) is 0.178. The van der Waals surface area contributed by atoms with E-state index in [-0.39, 0.29) is 31.4 Å². The van der Waals surface area contributed by atoms with Crippen LogP contribution in [0.2, 0.25) is 0 Å². The molecule has 0 saturated carbocycles. The average Bonchev–Trinajstić information content (AvgIpc) is 2.81. The van der Waals surface area contributed by atoms with Crippen LogP contribution < -0.4 is 27.0 Å². The lowest BCUT2D eigenvalue weighted by Crippen LogP contribution is -2.54. The van der Waals surface area contributed by atoms with Gasteiger partial charge in [-0.2, -0.15) is 0 Å². The number of primary amides is 1. The second-order valence-corrected chi connectivity index (χ2v) is 8.85. The number of urea groups is 1. The lowest BCUT2D eigenvalue weighted by Gasteiger charge is -2.25. The van der Waals surface area contributed by atoms with Crippen LogP contribution >= 0.6 is 0 Å². The zero-order valence-electron chi connectivity index (χ0n) is 21.5. The standard InChI is InChI=1S/C24H38BN5O6/c1-4-5-8-19(31)30-20(15(2)3)22(33)29-18(7-6-13-27-24(26)35)21(32)28-17-11-9-16(10-12-17)14-36-23(25)34/h9-12,15,18,20H,4-8,13-14,25H2,1-3H3,(H,28,32)(H,29,33)(H,30,31)(H3,26,27,35)/t18-,20?/m0/s1. The van der Waals surface area contributed by atoms with Crippen LogP contribution in [0.15, 0.2) is 24.3 Å². The molecule has 12 heteroatoms. The molecule has 0 saturated heterocycles. The van der Waals surface area contributed by atoms with Crippen LogP contribution in [0.1, 0.15) is 58.4 Å². The number of nitrogens with two attached hydrogens (primary N) is 1. The number of carbonyl (C=O) groups is 5. The highest BCUT2D eigenvalue weighted by Gasteiger charge is 2.28. The number of nitrogens with one attached hydrogen (secondary N) is 4. The number of ether oxygens (including phenoxy) is 1. The lowest BCUT2D eigenvalue weighted by atomic mass is 10.0. The van der Waals surface area contributed by atoms with E-state index >= 15 is 0 Å². The second kappa shape index (κ2) is 16.2. The Balaban J connectivity index is 2.89. The summed E-state index contributed by atoms with van der Waals surface area (Å²) in [6, 6.07) is 4.36. The van der Waals surface area contributed by atoms with Gasteiger partial charge in [-0.25, -0.2) is 4.79 Å². The smallest absolute Gasteiger partial charge is 0.312 e. The van der Waals surface area contributed by atoms with E-state index in [1.807, 2.05) is 20.8 Å². The molecule has 1 unspecified atom stereocenters. The fourth-order valence-electron chi connectivity index (χ4n) is 3.26. The van der Waals surface area contributed by atoms with Crippen molar-refractivity contribution in [3.8, 4) is 0 Å². The molecule has 0 aliphatic carbocycles. The van der Waals surface area contributed by atoms with E-state index in [4.69, 9.17) is 10.5 Å². The van der Waals surface area contributed by atoms with Gasteiger partial charge in [-0.1, -0.05) is 39.3 Å². The molecule has 0 heterocycles. The van der Waals surface area contributed by atoms with E-state index in [9.17, 15) is 24.0 Å². The number of hydrogen-bond donors (Lipinski definition) is 5. The fraction of sp³-hybridized carbons (Fsp3) is 0.542. The van der Waals surface area contributed by atoms with Gasteiger partial charge in [0.1, 0.15) is 18.7 Å². The molecule has 0 aliphatic heterocycles. The summed E-state index contributed by atoms with van der Waals surface area (Å²) in [6.07, 6.45) is 2.52. The van der Waals surface area contributed by atoms with Crippen LogP contribution in [-0.2, 0) is 25.7 Å². The summed E-state index contributed by atoms with van der Waals surface area (Å²) in [7, 11) is 1.32. The minimum Gasteiger partial charge on any atom is -0.469 e. The third-order valence-electron chi connectivity index (χ3n) is 5.29. The van der Waals surface area contributed by atoms with Gasteiger partial charge < -0.3 is 31.7 Å². The highest BCUT2D eigenvalue weighted by Crippen LogP contribution is 2.13. The normalized spacial score (nSPS) is 12.2. The first-order valence-corrected chi connectivity index (χ1v) is 12.2. The Labute approximate surface area is 213 Å². The molecule has 2 atom stereocenters. The number of anilines is 1. The Morgan fingerprint density at radius 2 is 1.67 bits per heavy atom. The largest absolute Gasteiger partial charge is 0.469 e. The minimum atomic E-state index is -0.915. The van der Waals surface area contributed by atoms with Crippen LogP contribution in [0.25, 0.3) is 0 Å². The van der Waals surface area contributed by atoms with Crippen molar-refractivity contribution in [1.29, 1.82) is 0 Å². The van der Waals surface area contributed by atoms with E-state index in [0.29, 0.717) is 18.5 Å². The summed E-state index contributed by atoms with van der Waals surface area (Å²) in [5, 5.41) is 10.7. The molecule has 5 amide bonds. The fourth-order valence-corrected chi connectivity index (χ4v) is 3.26. The van der Waals surface area contributed by atoms with E-state index < -0.39 is 35.8 Å². The predicted molar refractivity (Wildman–Crippen MR) is 139 cm³/mol. The Morgan fingerprint density at radius 1 is 1.00 bits per heavy atom. The van der Waals surface area contributed by atoms with Gasteiger partial charge in [0.2, 0.25) is 31.4 Å². The minimum absolute atomic E-state index is 0.121. The van der Waals surface area contributed by atoms with Crippen molar-refractivity contribution in [2.24, 2.45) is 11.7 Å². The van der Waals surface area contributed by atoms with E-state index in [1.165, 1.54) is 7.85 Å². The number of rotatable bonds is 15. The molecule has 0 aliphatic rings. The lowest BCUT2D eigenvalue weighted by molar-refractivity contribution is -0.132. The second-order valence-electron chi connectivity index (χ2n) is 8.85. The number of amides is 5. The van der Waals surface area contributed by atoms with Crippen molar-refractivity contribution < 1.29 is 28.7 Å². The molecule has 11 nitrogen and oxygen atoms in total. The van der Waals surface area contributed by atoms with Gasteiger partial charge in [0.25, 0.3) is 0 Å². The molecule has 6 N–H and O–H groups in total. The van der Waals surface area contributed by atoms with Crippen LogP contribution in [0.4, 0.5) is 15.3 Å². The van der Waals surface area contributed by atoms with Crippen molar-refractivity contribution in [2.45, 2.75) is 71.6 Å². The summed E-state index contributed by atoms with van der Waals surface area (Å²) in [5.41, 5.74) is 6.34. The zero-order valence-corrected chi connectivity index (χ0v) is 21.5. The van der Waals surface area contributed by atoms with Gasteiger partial charge in [0, 0.05) is 18.7 Å². The van der Waals surface area contributed by atoms with E-state index in [0.717, 1.165) is 18.4 Å². The maximum Gasteiger partial charge on any atom is 0.312 e. The number of carbonyl (C=O) groups excluding carboxylic acids is 5. The molecule has 0 spiro atoms. The monoisotopic (exact) mass is 503 g/mol. The molecule has 198 valence electrons. The van der Waals surface area contributed by atoms with Crippen LogP contribution in [0.3, 0.4) is 0 Å². The van der Waals surface area contributed by atoms with E-state index in [1.54, 1.807) is 24.3 Å². The van der Waals surface area contributed by atoms with Crippen molar-refractivity contribution in [3.05, 3.63) is 29.8 Å². The average molecular weight is 503 g/mol. The molecule has 0 aromatic heterocycles. The SMILES string of the molecule is BC(=O)OCc1ccc(NC(=O)[C@H](CCCNC(N)=O)NC(=O)C(NC(=O)CCCC)C(C)C)cc1. The predicted octanol–water partition coefficient (Wildman–Crippen LogP) is 1.16. The first-order chi connectivity index (χ1) is 17.0. The van der Waals surface area contributed by atoms with Crippen molar-refractivity contribution in [2.75, 3.05) is 11.9 Å². The van der Waals surface area contributed by atoms with Crippen LogP contribution in [-0.4, -0.2) is 56.1 Å². The summed E-state index contributed by atoms with van der Waals surface area (Å²) < 4.78 is 4.95. The Hall–Kier alpha value is -3.57. The van der Waals surface area contributed by atoms with Crippen molar-refractivity contribution in [3.63, 3.8) is 0 Å². The third kappa shape index (κ3) is 12.2. The Bertz CT molecular complexity index is 893. The number of benzene rings is 1. The third-order valence-corrected chi connectivity index (χ3v) is 5.29. The molecule has 0 radical (unpaired) electrons. The van der Waals surface area contributed by atoms with Crippen LogP contribution in [0, 0.1) is 5.92 Å². The van der Waals surface area contributed by atoms with Gasteiger partial charge in [-0.3, -0.25) is 19.2 Å². The molecule has 0 bridgehead atoms. The summed E-state index contributed by atoms with van der Waals surface area (Å²) in [5.74, 6) is -1.71. The molecule has 36 heavy (non-hydrogen) atoms. The number of unbranched alkanes of at least 4 members (excludes halogenated alkanes) is 1. The van der Waals surface area contributed by atoms with Gasteiger partial charge >= 0.3 is 6.03 Å². The highest BCUT2D eigenvalue weighted by atomic mass is 16.5. The topological polar surface area (TPSA) is 169 Å². The van der Waals surface area contributed by atoms with Crippen molar-refractivity contribution in [1.82, 2.24) is 16.0 Å². The molecule has 1 aromatic rings. The van der Waals surface area contributed by atoms with E-state index in [2.05, 4.69) is 21.3 Å². The first kappa shape index (κ1) is 30.5.